The van der Waals surface area contributed by atoms with Crippen LogP contribution >= 0.6 is 46.4 Å². The number of rotatable bonds is 2. The molecule has 0 aliphatic rings. The highest BCUT2D eigenvalue weighted by Gasteiger charge is 2.11. The Morgan fingerprint density at radius 2 is 1.50 bits per heavy atom. The normalized spacial score (nSPS) is 10.4. The van der Waals surface area contributed by atoms with Crippen molar-refractivity contribution in [3.05, 3.63) is 56.0 Å². The number of hydrogen-bond acceptors (Lipinski definition) is 2. The molecule has 3 nitrogen and oxygen atoms in total. The van der Waals surface area contributed by atoms with Crippen molar-refractivity contribution in [2.75, 3.05) is 5.32 Å². The number of halogens is 4. The Morgan fingerprint density at radius 1 is 0.900 bits per heavy atom. The molecule has 0 saturated carbocycles. The minimum Gasteiger partial charge on any atom is -0.505 e. The fourth-order valence-corrected chi connectivity index (χ4v) is 2.26. The van der Waals surface area contributed by atoms with E-state index >= 15 is 0 Å². The molecule has 0 aliphatic heterocycles. The van der Waals surface area contributed by atoms with Crippen molar-refractivity contribution in [2.24, 2.45) is 0 Å². The topological polar surface area (TPSA) is 49.3 Å². The van der Waals surface area contributed by atoms with Crippen LogP contribution < -0.4 is 5.32 Å². The third kappa shape index (κ3) is 3.30. The van der Waals surface area contributed by atoms with E-state index in [2.05, 4.69) is 5.32 Å². The van der Waals surface area contributed by atoms with Gasteiger partial charge >= 0.3 is 0 Å². The second kappa shape index (κ2) is 6.10. The molecule has 0 heterocycles. The summed E-state index contributed by atoms with van der Waals surface area (Å²) in [6, 6.07) is 7.28. The van der Waals surface area contributed by atoms with Gasteiger partial charge in [-0.3, -0.25) is 4.79 Å². The molecule has 2 aromatic carbocycles. The van der Waals surface area contributed by atoms with E-state index in [1.54, 1.807) is 0 Å². The van der Waals surface area contributed by atoms with Gasteiger partial charge in [-0.25, -0.2) is 0 Å². The van der Waals surface area contributed by atoms with Crippen LogP contribution in [0.15, 0.2) is 30.3 Å². The molecule has 0 fully saturated rings. The first kappa shape index (κ1) is 15.3. The highest BCUT2D eigenvalue weighted by Crippen LogP contribution is 2.34. The third-order valence-electron chi connectivity index (χ3n) is 2.46. The molecular weight excluding hydrogens is 344 g/mol. The zero-order valence-corrected chi connectivity index (χ0v) is 12.8. The van der Waals surface area contributed by atoms with E-state index in [9.17, 15) is 9.90 Å². The monoisotopic (exact) mass is 349 g/mol. The van der Waals surface area contributed by atoms with Crippen molar-refractivity contribution in [3.8, 4) is 5.75 Å². The predicted octanol–water partition coefficient (Wildman–Crippen LogP) is 5.26. The predicted molar refractivity (Wildman–Crippen MR) is 82.5 cm³/mol. The van der Waals surface area contributed by atoms with Gasteiger partial charge in [-0.05, 0) is 30.3 Å². The Morgan fingerprint density at radius 3 is 2.05 bits per heavy atom. The summed E-state index contributed by atoms with van der Waals surface area (Å²) in [4.78, 5) is 12.0. The van der Waals surface area contributed by atoms with Crippen molar-refractivity contribution in [3.63, 3.8) is 0 Å². The Balaban J connectivity index is 2.25. The summed E-state index contributed by atoms with van der Waals surface area (Å²) in [7, 11) is 0. The van der Waals surface area contributed by atoms with E-state index < -0.39 is 5.91 Å². The van der Waals surface area contributed by atoms with Crippen LogP contribution in [0.4, 0.5) is 5.69 Å². The average Bonchev–Trinajstić information content (AvgIpc) is 2.39. The zero-order chi connectivity index (χ0) is 14.9. The van der Waals surface area contributed by atoms with Crippen LogP contribution in [0.2, 0.25) is 20.1 Å². The summed E-state index contributed by atoms with van der Waals surface area (Å²) in [6.07, 6.45) is 0. The largest absolute Gasteiger partial charge is 0.505 e. The lowest BCUT2D eigenvalue weighted by Crippen LogP contribution is -2.11. The van der Waals surface area contributed by atoms with Crippen molar-refractivity contribution < 1.29 is 9.90 Å². The Kier molecular flexibility index (Phi) is 4.66. The number of anilines is 1. The number of carbonyl (C=O) groups is 1. The molecule has 1 amide bonds. The van der Waals surface area contributed by atoms with Crippen LogP contribution in [-0.2, 0) is 0 Å². The maximum atomic E-state index is 12.0. The van der Waals surface area contributed by atoms with Gasteiger partial charge in [0.05, 0.1) is 20.1 Å². The van der Waals surface area contributed by atoms with Crippen LogP contribution in [0.1, 0.15) is 10.4 Å². The van der Waals surface area contributed by atoms with E-state index in [1.807, 2.05) is 0 Å². The van der Waals surface area contributed by atoms with Gasteiger partial charge in [0.1, 0.15) is 0 Å². The molecule has 0 spiro atoms. The van der Waals surface area contributed by atoms with E-state index in [1.165, 1.54) is 30.3 Å². The minimum atomic E-state index is -0.401. The number of benzene rings is 2. The number of hydrogen-bond donors (Lipinski definition) is 2. The van der Waals surface area contributed by atoms with E-state index in [-0.39, 0.29) is 20.8 Å². The molecule has 0 unspecified atom stereocenters. The lowest BCUT2D eigenvalue weighted by molar-refractivity contribution is 0.102. The standard InChI is InChI=1S/C13H7Cl4NO2/c14-8-2-1-6(3-9(8)15)13(20)18-7-4-10(16)12(19)11(17)5-7/h1-5,19H,(H,18,20). The van der Waals surface area contributed by atoms with E-state index in [4.69, 9.17) is 46.4 Å². The molecule has 104 valence electrons. The smallest absolute Gasteiger partial charge is 0.255 e. The van der Waals surface area contributed by atoms with Crippen LogP contribution in [-0.4, -0.2) is 11.0 Å². The Hall–Kier alpha value is -1.13. The van der Waals surface area contributed by atoms with Gasteiger partial charge < -0.3 is 10.4 Å². The van der Waals surface area contributed by atoms with Crippen LogP contribution in [0.25, 0.3) is 0 Å². The van der Waals surface area contributed by atoms with Gasteiger partial charge in [-0.15, -0.1) is 0 Å². The molecular formula is C13H7Cl4NO2. The third-order valence-corrected chi connectivity index (χ3v) is 3.77. The number of nitrogens with one attached hydrogen (secondary N) is 1. The molecule has 0 aromatic heterocycles. The summed E-state index contributed by atoms with van der Waals surface area (Å²) < 4.78 is 0. The molecule has 0 radical (unpaired) electrons. The maximum Gasteiger partial charge on any atom is 0.255 e. The molecule has 0 bridgehead atoms. The van der Waals surface area contributed by atoms with Crippen molar-refractivity contribution >= 4 is 58.0 Å². The molecule has 2 N–H and O–H groups in total. The van der Waals surface area contributed by atoms with E-state index in [0.717, 1.165) is 0 Å². The van der Waals surface area contributed by atoms with E-state index in [0.29, 0.717) is 16.3 Å². The molecule has 2 rings (SSSR count). The number of carbonyl (C=O) groups excluding carboxylic acids is 1. The summed E-state index contributed by atoms with van der Waals surface area (Å²) in [5.41, 5.74) is 0.689. The molecule has 7 heteroatoms. The average molecular weight is 351 g/mol. The lowest BCUT2D eigenvalue weighted by atomic mass is 10.2. The fraction of sp³-hybridized carbons (Fsp3) is 0. The van der Waals surface area contributed by atoms with Gasteiger partial charge in [0.2, 0.25) is 0 Å². The Labute approximate surface area is 135 Å². The highest BCUT2D eigenvalue weighted by molar-refractivity contribution is 6.42. The highest BCUT2D eigenvalue weighted by atomic mass is 35.5. The minimum absolute atomic E-state index is 0.0435. The SMILES string of the molecule is O=C(Nc1cc(Cl)c(O)c(Cl)c1)c1ccc(Cl)c(Cl)c1. The summed E-state index contributed by atoms with van der Waals surface area (Å²) >= 11 is 23.2. The van der Waals surface area contributed by atoms with Crippen LogP contribution in [0.5, 0.6) is 5.75 Å². The first-order valence-corrected chi connectivity index (χ1v) is 6.84. The van der Waals surface area contributed by atoms with Crippen molar-refractivity contribution in [1.82, 2.24) is 0 Å². The van der Waals surface area contributed by atoms with Crippen LogP contribution in [0.3, 0.4) is 0 Å². The fourth-order valence-electron chi connectivity index (χ4n) is 1.48. The van der Waals surface area contributed by atoms with Gasteiger partial charge in [0.15, 0.2) is 5.75 Å². The summed E-state index contributed by atoms with van der Waals surface area (Å²) in [5.74, 6) is -0.637. The van der Waals surface area contributed by atoms with Gasteiger partial charge in [0.25, 0.3) is 5.91 Å². The molecule has 2 aromatic rings. The van der Waals surface area contributed by atoms with Crippen molar-refractivity contribution in [1.29, 1.82) is 0 Å². The molecule has 0 atom stereocenters. The first-order chi connectivity index (χ1) is 9.38. The maximum absolute atomic E-state index is 12.0. The quantitative estimate of drug-likeness (QED) is 0.726. The lowest BCUT2D eigenvalue weighted by Gasteiger charge is -2.08. The zero-order valence-electron chi connectivity index (χ0n) is 9.75. The summed E-state index contributed by atoms with van der Waals surface area (Å²) in [5, 5.41) is 12.8. The number of aromatic hydroxyl groups is 1. The van der Waals surface area contributed by atoms with Gasteiger partial charge in [-0.2, -0.15) is 0 Å². The first-order valence-electron chi connectivity index (χ1n) is 5.33. The number of phenolic OH excluding ortho intramolecular Hbond substituents is 1. The second-order valence-electron chi connectivity index (χ2n) is 3.87. The van der Waals surface area contributed by atoms with Gasteiger partial charge in [0, 0.05) is 11.3 Å². The molecule has 0 saturated heterocycles. The Bertz CT molecular complexity index is 665. The van der Waals surface area contributed by atoms with Gasteiger partial charge in [-0.1, -0.05) is 46.4 Å². The number of phenols is 1. The second-order valence-corrected chi connectivity index (χ2v) is 5.50. The van der Waals surface area contributed by atoms with Crippen molar-refractivity contribution in [2.45, 2.75) is 0 Å². The molecule has 20 heavy (non-hydrogen) atoms. The van der Waals surface area contributed by atoms with Crippen LogP contribution in [0, 0.1) is 0 Å². The number of amides is 1. The summed E-state index contributed by atoms with van der Waals surface area (Å²) in [6.45, 7) is 0. The molecule has 0 aliphatic carbocycles.